The summed E-state index contributed by atoms with van der Waals surface area (Å²) in [7, 11) is 0. The number of urea groups is 1. The van der Waals surface area contributed by atoms with E-state index < -0.39 is 0 Å². The maximum Gasteiger partial charge on any atom is 0.323 e. The van der Waals surface area contributed by atoms with Gasteiger partial charge in [0.05, 0.1) is 0 Å². The molecule has 3 nitrogen and oxygen atoms in total. The molecule has 1 aliphatic carbocycles. The molecule has 0 aliphatic heterocycles. The number of hydrogen-bond acceptors (Lipinski definition) is 1. The van der Waals surface area contributed by atoms with Gasteiger partial charge in [0, 0.05) is 16.4 Å². The lowest BCUT2D eigenvalue weighted by molar-refractivity contribution is 0.255. The minimum absolute atomic E-state index is 0.205. The number of halogens is 1. The first-order valence-electron chi connectivity index (χ1n) is 5.65. The van der Waals surface area contributed by atoms with Crippen LogP contribution in [0.4, 0.5) is 10.5 Å². The largest absolute Gasteiger partial charge is 0.323 e. The number of allylic oxidation sites excluding steroid dienone is 1. The van der Waals surface area contributed by atoms with Gasteiger partial charge in [0.1, 0.15) is 0 Å². The van der Waals surface area contributed by atoms with Crippen molar-refractivity contribution in [3.63, 3.8) is 0 Å². The van der Waals surface area contributed by atoms with Crippen LogP contribution in [-0.4, -0.2) is 6.03 Å². The predicted molar refractivity (Wildman–Crippen MR) is 72.9 cm³/mol. The summed E-state index contributed by atoms with van der Waals surface area (Å²) in [5.41, 5.74) is 1.89. The third-order valence-corrected chi connectivity index (χ3v) is 3.51. The number of nitrogens with one attached hydrogen (secondary N) is 2. The maximum atomic E-state index is 11.5. The van der Waals surface area contributed by atoms with E-state index in [1.54, 1.807) is 6.20 Å². The fourth-order valence-electron chi connectivity index (χ4n) is 1.44. The van der Waals surface area contributed by atoms with Gasteiger partial charge in [0.2, 0.25) is 0 Å². The quantitative estimate of drug-likeness (QED) is 0.875. The summed E-state index contributed by atoms with van der Waals surface area (Å²) < 4.78 is 1.04. The van der Waals surface area contributed by atoms with Gasteiger partial charge in [0.25, 0.3) is 0 Å². The van der Waals surface area contributed by atoms with Crippen molar-refractivity contribution in [1.29, 1.82) is 0 Å². The third kappa shape index (κ3) is 3.89. The van der Waals surface area contributed by atoms with Gasteiger partial charge in [0.15, 0.2) is 0 Å². The van der Waals surface area contributed by atoms with E-state index in [0.29, 0.717) is 5.92 Å². The van der Waals surface area contributed by atoms with Gasteiger partial charge < -0.3 is 10.6 Å². The number of aryl methyl sites for hydroxylation is 1. The lowest BCUT2D eigenvalue weighted by atomic mass is 10.2. The highest BCUT2D eigenvalue weighted by atomic mass is 79.9. The molecule has 2 rings (SSSR count). The molecule has 2 N–H and O–H groups in total. The van der Waals surface area contributed by atoms with E-state index in [1.165, 1.54) is 12.8 Å². The summed E-state index contributed by atoms with van der Waals surface area (Å²) >= 11 is 3.42. The lowest BCUT2D eigenvalue weighted by Gasteiger charge is -2.06. The molecular weight excluding hydrogens is 280 g/mol. The molecular formula is C13H15BrN2O. The van der Waals surface area contributed by atoms with Gasteiger partial charge in [-0.2, -0.15) is 0 Å². The van der Waals surface area contributed by atoms with Crippen LogP contribution in [0.15, 0.2) is 34.9 Å². The highest BCUT2D eigenvalue weighted by Crippen LogP contribution is 2.29. The van der Waals surface area contributed by atoms with Crippen LogP contribution in [0.2, 0.25) is 0 Å². The number of rotatable bonds is 3. The zero-order chi connectivity index (χ0) is 12.3. The summed E-state index contributed by atoms with van der Waals surface area (Å²) in [6.07, 6.45) is 6.24. The van der Waals surface area contributed by atoms with Gasteiger partial charge in [-0.1, -0.05) is 22.0 Å². The summed E-state index contributed by atoms with van der Waals surface area (Å²) in [5, 5.41) is 5.48. The Morgan fingerprint density at radius 1 is 1.47 bits per heavy atom. The number of anilines is 1. The van der Waals surface area contributed by atoms with E-state index in [1.807, 2.05) is 31.2 Å². The Morgan fingerprint density at radius 3 is 2.88 bits per heavy atom. The molecule has 17 heavy (non-hydrogen) atoms. The number of carbonyl (C=O) groups excluding carboxylic acids is 1. The van der Waals surface area contributed by atoms with E-state index in [9.17, 15) is 4.79 Å². The number of hydrogen-bond donors (Lipinski definition) is 2. The van der Waals surface area contributed by atoms with Crippen molar-refractivity contribution in [2.24, 2.45) is 5.92 Å². The van der Waals surface area contributed by atoms with Gasteiger partial charge in [-0.25, -0.2) is 4.79 Å². The van der Waals surface area contributed by atoms with Crippen LogP contribution in [0.1, 0.15) is 18.4 Å². The van der Waals surface area contributed by atoms with Crippen molar-refractivity contribution in [3.8, 4) is 0 Å². The molecule has 0 spiro atoms. The van der Waals surface area contributed by atoms with Crippen LogP contribution in [0.3, 0.4) is 0 Å². The Labute approximate surface area is 109 Å². The van der Waals surface area contributed by atoms with Crippen molar-refractivity contribution in [1.82, 2.24) is 5.32 Å². The first kappa shape index (κ1) is 12.2. The number of carbonyl (C=O) groups is 1. The first-order chi connectivity index (χ1) is 8.15. The Balaban J connectivity index is 1.86. The Bertz CT molecular complexity index is 453. The molecule has 1 aromatic rings. The van der Waals surface area contributed by atoms with E-state index >= 15 is 0 Å². The summed E-state index contributed by atoms with van der Waals surface area (Å²) in [4.78, 5) is 11.5. The summed E-state index contributed by atoms with van der Waals surface area (Å²) in [6, 6.07) is 5.50. The standard InChI is InChI=1S/C13H15BrN2O/c1-9-8-11(4-5-12(9)14)16-13(17)15-7-6-10-2-3-10/h4-8,10H,2-3H2,1H3,(H2,15,16,17)/b7-6+. The Hall–Kier alpha value is -1.29. The van der Waals surface area contributed by atoms with Crippen LogP contribution in [-0.2, 0) is 0 Å². The number of benzene rings is 1. The summed E-state index contributed by atoms with van der Waals surface area (Å²) in [5.74, 6) is 0.672. The molecule has 0 unspecified atom stereocenters. The average molecular weight is 295 g/mol. The van der Waals surface area contributed by atoms with E-state index in [-0.39, 0.29) is 6.03 Å². The van der Waals surface area contributed by atoms with Crippen molar-refractivity contribution < 1.29 is 4.79 Å². The van der Waals surface area contributed by atoms with Crippen LogP contribution in [0.25, 0.3) is 0 Å². The van der Waals surface area contributed by atoms with E-state index in [4.69, 9.17) is 0 Å². The van der Waals surface area contributed by atoms with Crippen LogP contribution < -0.4 is 10.6 Å². The molecule has 2 amide bonds. The smallest absolute Gasteiger partial charge is 0.315 e. The zero-order valence-electron chi connectivity index (χ0n) is 9.66. The molecule has 1 saturated carbocycles. The molecule has 1 aromatic carbocycles. The Morgan fingerprint density at radius 2 is 2.24 bits per heavy atom. The van der Waals surface area contributed by atoms with Gasteiger partial charge in [-0.05, 0) is 49.4 Å². The first-order valence-corrected chi connectivity index (χ1v) is 6.45. The van der Waals surface area contributed by atoms with Crippen molar-refractivity contribution in [3.05, 3.63) is 40.5 Å². The highest BCUT2D eigenvalue weighted by Gasteiger charge is 2.17. The Kier molecular flexibility index (Phi) is 3.84. The molecule has 90 valence electrons. The molecule has 0 aromatic heterocycles. The molecule has 0 atom stereocenters. The second-order valence-electron chi connectivity index (χ2n) is 4.26. The van der Waals surface area contributed by atoms with Crippen LogP contribution in [0.5, 0.6) is 0 Å². The summed E-state index contributed by atoms with van der Waals surface area (Å²) in [6.45, 7) is 1.99. The molecule has 1 aliphatic rings. The van der Waals surface area contributed by atoms with E-state index in [0.717, 1.165) is 15.7 Å². The highest BCUT2D eigenvalue weighted by molar-refractivity contribution is 9.10. The van der Waals surface area contributed by atoms with Crippen molar-refractivity contribution >= 4 is 27.6 Å². The predicted octanol–water partition coefficient (Wildman–Crippen LogP) is 3.80. The topological polar surface area (TPSA) is 41.1 Å². The SMILES string of the molecule is Cc1cc(NC(=O)N/C=C/C2CC2)ccc1Br. The fraction of sp³-hybridized carbons (Fsp3) is 0.308. The third-order valence-electron chi connectivity index (χ3n) is 2.62. The fourth-order valence-corrected chi connectivity index (χ4v) is 1.68. The average Bonchev–Trinajstić information content (AvgIpc) is 3.07. The molecule has 0 heterocycles. The lowest BCUT2D eigenvalue weighted by Crippen LogP contribution is -2.23. The molecule has 4 heteroatoms. The molecule has 0 saturated heterocycles. The van der Waals surface area contributed by atoms with E-state index in [2.05, 4.69) is 26.6 Å². The van der Waals surface area contributed by atoms with Gasteiger partial charge in [-0.15, -0.1) is 0 Å². The van der Waals surface area contributed by atoms with Crippen LogP contribution >= 0.6 is 15.9 Å². The zero-order valence-corrected chi connectivity index (χ0v) is 11.3. The minimum atomic E-state index is -0.205. The second-order valence-corrected chi connectivity index (χ2v) is 5.11. The molecule has 0 radical (unpaired) electrons. The molecule has 0 bridgehead atoms. The van der Waals surface area contributed by atoms with Crippen molar-refractivity contribution in [2.75, 3.05) is 5.32 Å². The second kappa shape index (κ2) is 5.36. The minimum Gasteiger partial charge on any atom is -0.315 e. The van der Waals surface area contributed by atoms with Crippen LogP contribution in [0, 0.1) is 12.8 Å². The maximum absolute atomic E-state index is 11.5. The van der Waals surface area contributed by atoms with Crippen molar-refractivity contribution in [2.45, 2.75) is 19.8 Å². The monoisotopic (exact) mass is 294 g/mol. The molecule has 1 fully saturated rings. The number of amides is 2. The van der Waals surface area contributed by atoms with Gasteiger partial charge >= 0.3 is 6.03 Å². The van der Waals surface area contributed by atoms with Gasteiger partial charge in [-0.3, -0.25) is 0 Å². The normalized spacial score (nSPS) is 14.9.